The number of carbonyl (C=O) groups excluding carboxylic acids is 5. The lowest BCUT2D eigenvalue weighted by atomic mass is 9.99. The second-order valence-corrected chi connectivity index (χ2v) is 14.4. The maximum Gasteiger partial charge on any atom is 0.303 e. The summed E-state index contributed by atoms with van der Waals surface area (Å²) in [6.45, 7) is 16.1. The van der Waals surface area contributed by atoms with E-state index in [-0.39, 0.29) is 67.3 Å². The molecule has 1 aromatic rings. The van der Waals surface area contributed by atoms with Gasteiger partial charge in [0.25, 0.3) is 0 Å². The molecule has 0 fully saturated rings. The third-order valence-electron chi connectivity index (χ3n) is 8.39. The number of hydrogen-bond donors (Lipinski definition) is 7. The zero-order chi connectivity index (χ0) is 38.5. The van der Waals surface area contributed by atoms with E-state index in [0.29, 0.717) is 38.6 Å². The first-order valence-electron chi connectivity index (χ1n) is 18.5. The Labute approximate surface area is 304 Å². The van der Waals surface area contributed by atoms with Gasteiger partial charge in [-0.05, 0) is 68.8 Å². The van der Waals surface area contributed by atoms with Gasteiger partial charge in [0.05, 0.1) is 6.04 Å². The second kappa shape index (κ2) is 24.2. The number of benzene rings is 1. The number of carboxylic acids is 1. The average molecular weight is 717 g/mol. The minimum Gasteiger partial charge on any atom is -0.481 e. The number of rotatable bonds is 25. The lowest BCUT2D eigenvalue weighted by Gasteiger charge is -2.29. The molecule has 288 valence electrons. The molecule has 0 radical (unpaired) electrons. The number of nitrogens with one attached hydrogen (secondary N) is 6. The van der Waals surface area contributed by atoms with Crippen LogP contribution in [0.2, 0.25) is 0 Å². The summed E-state index contributed by atoms with van der Waals surface area (Å²) in [6.07, 6.45) is 2.19. The first kappa shape index (κ1) is 45.0. The minimum absolute atomic E-state index is 0.0309. The molecule has 51 heavy (non-hydrogen) atoms. The first-order valence-corrected chi connectivity index (χ1v) is 18.5. The standard InChI is InChI=1S/C38H64N6O7/c1-9-29(35(48)44-34(26(7)8)38(51)39-10-2)40-23-28(21-24(3)4)41-36(49)30(20-19-27-15-12-11-13-16-27)43-37(50)31(22-25(5)6)42-32(45)17-14-18-33(46)47/h11-13,15-16,24-26,28-31,34,40H,9-10,14,17-23H2,1-8H3,(H,39,51)(H,41,49)(H,42,45)(H,43,50)(H,44,48)(H,46,47)/t28-,29-,30-,31-,34-/m0/s1. The number of amides is 5. The van der Waals surface area contributed by atoms with Crippen molar-refractivity contribution < 1.29 is 33.9 Å². The van der Waals surface area contributed by atoms with Gasteiger partial charge in [-0.3, -0.25) is 28.8 Å². The summed E-state index contributed by atoms with van der Waals surface area (Å²) in [6, 6.07) is 6.15. The molecule has 0 aliphatic heterocycles. The lowest BCUT2D eigenvalue weighted by molar-refractivity contribution is -0.137. The topological polar surface area (TPSA) is 195 Å². The molecule has 0 unspecified atom stereocenters. The highest BCUT2D eigenvalue weighted by molar-refractivity contribution is 5.92. The molecule has 0 aliphatic carbocycles. The molecule has 0 saturated heterocycles. The summed E-state index contributed by atoms with van der Waals surface area (Å²) in [5.41, 5.74) is 1.000. The summed E-state index contributed by atoms with van der Waals surface area (Å²) in [5, 5.41) is 26.6. The fourth-order valence-corrected chi connectivity index (χ4v) is 5.71. The fourth-order valence-electron chi connectivity index (χ4n) is 5.71. The Bertz CT molecular complexity index is 1240. The average Bonchev–Trinajstić information content (AvgIpc) is 3.04. The van der Waals surface area contributed by atoms with Crippen molar-refractivity contribution in [3.05, 3.63) is 35.9 Å². The molecule has 0 bridgehead atoms. The van der Waals surface area contributed by atoms with E-state index in [1.807, 2.05) is 85.7 Å². The molecule has 13 nitrogen and oxygen atoms in total. The number of carboxylic acid groups (broad SMARTS) is 1. The maximum absolute atomic E-state index is 13.9. The normalized spacial score (nSPS) is 14.3. The van der Waals surface area contributed by atoms with E-state index >= 15 is 0 Å². The largest absolute Gasteiger partial charge is 0.481 e. The molecular weight excluding hydrogens is 652 g/mol. The highest BCUT2D eigenvalue weighted by Crippen LogP contribution is 2.12. The molecule has 0 spiro atoms. The molecule has 0 heterocycles. The smallest absolute Gasteiger partial charge is 0.303 e. The van der Waals surface area contributed by atoms with Gasteiger partial charge in [0.15, 0.2) is 0 Å². The Morgan fingerprint density at radius 1 is 0.686 bits per heavy atom. The fraction of sp³-hybridized carbons (Fsp3) is 0.684. The van der Waals surface area contributed by atoms with E-state index in [4.69, 9.17) is 5.11 Å². The Hall–Kier alpha value is -4.00. The third kappa shape index (κ3) is 18.7. The summed E-state index contributed by atoms with van der Waals surface area (Å²) in [7, 11) is 0. The predicted molar refractivity (Wildman–Crippen MR) is 198 cm³/mol. The maximum atomic E-state index is 13.9. The summed E-state index contributed by atoms with van der Waals surface area (Å²) < 4.78 is 0. The second-order valence-electron chi connectivity index (χ2n) is 14.4. The minimum atomic E-state index is -0.998. The van der Waals surface area contributed by atoms with Gasteiger partial charge < -0.3 is 37.0 Å². The van der Waals surface area contributed by atoms with Gasteiger partial charge in [-0.25, -0.2) is 0 Å². The van der Waals surface area contributed by atoms with Crippen LogP contribution in [0.3, 0.4) is 0 Å². The Balaban J connectivity index is 3.16. The number of aryl methyl sites for hydroxylation is 1. The van der Waals surface area contributed by atoms with Crippen LogP contribution in [0.25, 0.3) is 0 Å². The van der Waals surface area contributed by atoms with Gasteiger partial charge in [-0.2, -0.15) is 0 Å². The molecule has 7 N–H and O–H groups in total. The van der Waals surface area contributed by atoms with E-state index in [0.717, 1.165) is 5.56 Å². The molecule has 13 heteroatoms. The van der Waals surface area contributed by atoms with E-state index in [9.17, 15) is 28.8 Å². The number of hydrogen-bond acceptors (Lipinski definition) is 7. The zero-order valence-corrected chi connectivity index (χ0v) is 32.0. The van der Waals surface area contributed by atoms with Gasteiger partial charge in [-0.1, -0.05) is 78.8 Å². The van der Waals surface area contributed by atoms with E-state index in [1.54, 1.807) is 0 Å². The van der Waals surface area contributed by atoms with Crippen LogP contribution >= 0.6 is 0 Å². The molecule has 0 aliphatic rings. The van der Waals surface area contributed by atoms with Crippen LogP contribution < -0.4 is 31.9 Å². The van der Waals surface area contributed by atoms with E-state index < -0.39 is 42.0 Å². The summed E-state index contributed by atoms with van der Waals surface area (Å²) in [4.78, 5) is 77.0. The van der Waals surface area contributed by atoms with Crippen LogP contribution in [0.15, 0.2) is 30.3 Å². The molecular formula is C38H64N6O7. The third-order valence-corrected chi connectivity index (χ3v) is 8.39. The molecule has 0 saturated carbocycles. The van der Waals surface area contributed by atoms with Crippen molar-refractivity contribution in [3.8, 4) is 0 Å². The van der Waals surface area contributed by atoms with E-state index in [1.165, 1.54) is 0 Å². The van der Waals surface area contributed by atoms with Crippen molar-refractivity contribution in [2.45, 2.75) is 137 Å². The predicted octanol–water partition coefficient (Wildman–Crippen LogP) is 3.07. The van der Waals surface area contributed by atoms with Crippen molar-refractivity contribution in [1.82, 2.24) is 31.9 Å². The lowest BCUT2D eigenvalue weighted by Crippen LogP contribution is -2.58. The summed E-state index contributed by atoms with van der Waals surface area (Å²) in [5.74, 6) is -2.68. The molecule has 5 amide bonds. The SMILES string of the molecule is CCNC(=O)[C@@H](NC(=O)[C@H](CC)NC[C@H](CC(C)C)NC(=O)[C@H](CCc1ccccc1)NC(=O)[C@H](CC(C)C)NC(=O)CCCC(=O)O)C(C)C. The molecule has 1 aromatic carbocycles. The van der Waals surface area contributed by atoms with Crippen LogP contribution in [0.4, 0.5) is 0 Å². The quantitative estimate of drug-likeness (QED) is 0.0802. The first-order chi connectivity index (χ1) is 24.1. The van der Waals surface area contributed by atoms with Crippen LogP contribution in [0.1, 0.15) is 106 Å². The molecule has 1 rings (SSSR count). The Morgan fingerprint density at radius 3 is 1.84 bits per heavy atom. The Kier molecular flexibility index (Phi) is 21.4. The van der Waals surface area contributed by atoms with Crippen molar-refractivity contribution >= 4 is 35.5 Å². The van der Waals surface area contributed by atoms with Crippen molar-refractivity contribution in [2.75, 3.05) is 13.1 Å². The van der Waals surface area contributed by atoms with Crippen molar-refractivity contribution in [3.63, 3.8) is 0 Å². The van der Waals surface area contributed by atoms with Crippen LogP contribution in [-0.4, -0.2) is 83.9 Å². The molecule has 5 atom stereocenters. The Morgan fingerprint density at radius 2 is 1.29 bits per heavy atom. The van der Waals surface area contributed by atoms with Crippen LogP contribution in [0, 0.1) is 17.8 Å². The highest BCUT2D eigenvalue weighted by atomic mass is 16.4. The van der Waals surface area contributed by atoms with Crippen molar-refractivity contribution in [1.29, 1.82) is 0 Å². The van der Waals surface area contributed by atoms with Crippen LogP contribution in [0.5, 0.6) is 0 Å². The van der Waals surface area contributed by atoms with Gasteiger partial charge in [0.2, 0.25) is 29.5 Å². The van der Waals surface area contributed by atoms with Gasteiger partial charge in [0.1, 0.15) is 18.1 Å². The summed E-state index contributed by atoms with van der Waals surface area (Å²) >= 11 is 0. The zero-order valence-electron chi connectivity index (χ0n) is 32.0. The number of likely N-dealkylation sites (N-methyl/N-ethyl adjacent to an activating group) is 1. The van der Waals surface area contributed by atoms with Crippen LogP contribution in [-0.2, 0) is 35.2 Å². The number of carbonyl (C=O) groups is 6. The monoisotopic (exact) mass is 716 g/mol. The number of aliphatic carboxylic acids is 1. The van der Waals surface area contributed by atoms with E-state index in [2.05, 4.69) is 31.9 Å². The van der Waals surface area contributed by atoms with Crippen molar-refractivity contribution in [2.24, 2.45) is 17.8 Å². The molecule has 0 aromatic heterocycles. The van der Waals surface area contributed by atoms with Gasteiger partial charge >= 0.3 is 5.97 Å². The van der Waals surface area contributed by atoms with Gasteiger partial charge in [-0.15, -0.1) is 0 Å². The highest BCUT2D eigenvalue weighted by Gasteiger charge is 2.30. The van der Waals surface area contributed by atoms with Gasteiger partial charge in [0, 0.05) is 32.0 Å².